The van der Waals surface area contributed by atoms with Crippen LogP contribution in [0.25, 0.3) is 10.8 Å². The maximum absolute atomic E-state index is 12.0. The first-order valence-electron chi connectivity index (χ1n) is 20.6. The second-order valence-electron chi connectivity index (χ2n) is 15.6. The lowest BCUT2D eigenvalue weighted by atomic mass is 9.94. The van der Waals surface area contributed by atoms with Gasteiger partial charge in [-0.3, -0.25) is 9.59 Å². The van der Waals surface area contributed by atoms with Gasteiger partial charge in [0.05, 0.1) is 11.8 Å². The summed E-state index contributed by atoms with van der Waals surface area (Å²) in [5, 5.41) is 24.1. The number of carboxylic acids is 2. The second kappa shape index (κ2) is 23.3. The van der Waals surface area contributed by atoms with Gasteiger partial charge in [-0.25, -0.2) is 4.79 Å². The molecule has 0 radical (unpaired) electrons. The lowest BCUT2D eigenvalue weighted by Crippen LogP contribution is -2.30. The van der Waals surface area contributed by atoms with E-state index >= 15 is 0 Å². The normalized spacial score (nSPS) is 21.1. The summed E-state index contributed by atoms with van der Waals surface area (Å²) in [6.45, 7) is 8.58. The third-order valence-electron chi connectivity index (χ3n) is 11.3. The topological polar surface area (TPSA) is 145 Å². The Morgan fingerprint density at radius 1 is 0.737 bits per heavy atom. The molecular weight excluding hydrogens is 717 g/mol. The molecule has 0 spiro atoms. The van der Waals surface area contributed by atoms with Crippen molar-refractivity contribution >= 4 is 34.5 Å². The van der Waals surface area contributed by atoms with Crippen LogP contribution < -0.4 is 11.1 Å². The molecule has 7 rings (SSSR count). The molecule has 10 heteroatoms. The summed E-state index contributed by atoms with van der Waals surface area (Å²) in [4.78, 5) is 37.4. The van der Waals surface area contributed by atoms with Crippen molar-refractivity contribution in [2.75, 3.05) is 38.5 Å². The standard InChI is InChI=1S/C15H19NO4.C12H13N.C12H17N.C8H15NO2/c1-2-12-8-16(9-13(12)14(17)18)15(19)20-10-11-6-4-3-5-7-11;1-9(13)11-8-4-6-10-5-2-3-7-12(10)11;1-3-7-11(8-4-1)13-12-9-5-2-6-10-12;1-3-6-4-9(2)5-7(6)8(10)11/h3-7,12-13H,2,8-10H2,1H3,(H,17,18);2-9H,13H2,1H3;1,3-4,7-8,12-13H,2,5-6,9-10H2;6-7H,3-5H2,1-2H3,(H,10,11)/t12-,13?;9-;;6-,7?/m11.1/s1. The van der Waals surface area contributed by atoms with E-state index in [9.17, 15) is 14.4 Å². The zero-order chi connectivity index (χ0) is 41.2. The molecule has 308 valence electrons. The van der Waals surface area contributed by atoms with Gasteiger partial charge in [0.25, 0.3) is 0 Å². The van der Waals surface area contributed by atoms with Gasteiger partial charge in [0, 0.05) is 44.0 Å². The molecule has 2 aliphatic heterocycles. The Morgan fingerprint density at radius 2 is 1.30 bits per heavy atom. The Kier molecular flexibility index (Phi) is 18.3. The molecule has 1 saturated carbocycles. The highest BCUT2D eigenvalue weighted by molar-refractivity contribution is 5.86. The van der Waals surface area contributed by atoms with E-state index in [0.29, 0.717) is 19.0 Å². The van der Waals surface area contributed by atoms with Crippen LogP contribution in [-0.2, 0) is 20.9 Å². The van der Waals surface area contributed by atoms with Crippen LogP contribution in [0.2, 0.25) is 0 Å². The van der Waals surface area contributed by atoms with Gasteiger partial charge in [-0.15, -0.1) is 0 Å². The van der Waals surface area contributed by atoms with Gasteiger partial charge in [0.2, 0.25) is 0 Å². The molecule has 0 aromatic heterocycles. The van der Waals surface area contributed by atoms with Crippen molar-refractivity contribution in [3.63, 3.8) is 0 Å². The summed E-state index contributed by atoms with van der Waals surface area (Å²) >= 11 is 0. The van der Waals surface area contributed by atoms with E-state index in [-0.39, 0.29) is 31.0 Å². The van der Waals surface area contributed by atoms with Crippen molar-refractivity contribution in [3.8, 4) is 0 Å². The van der Waals surface area contributed by atoms with Crippen LogP contribution in [0, 0.1) is 23.7 Å². The summed E-state index contributed by atoms with van der Waals surface area (Å²) in [5.41, 5.74) is 9.29. The number of rotatable bonds is 9. The summed E-state index contributed by atoms with van der Waals surface area (Å²) in [7, 11) is 1.98. The van der Waals surface area contributed by atoms with Crippen LogP contribution in [0.5, 0.6) is 0 Å². The van der Waals surface area contributed by atoms with E-state index in [1.807, 2.05) is 63.4 Å². The number of anilines is 1. The first-order chi connectivity index (χ1) is 27.5. The number of benzene rings is 4. The largest absolute Gasteiger partial charge is 0.481 e. The number of nitrogens with two attached hydrogens (primary N) is 1. The molecule has 2 saturated heterocycles. The zero-order valence-electron chi connectivity index (χ0n) is 34.3. The van der Waals surface area contributed by atoms with Gasteiger partial charge in [-0.1, -0.05) is 137 Å². The molecule has 5 N–H and O–H groups in total. The van der Waals surface area contributed by atoms with Crippen molar-refractivity contribution in [1.29, 1.82) is 0 Å². The Labute approximate surface area is 339 Å². The van der Waals surface area contributed by atoms with E-state index in [1.165, 1.54) is 59.0 Å². The van der Waals surface area contributed by atoms with E-state index in [2.05, 4.69) is 77.8 Å². The van der Waals surface area contributed by atoms with Gasteiger partial charge in [-0.2, -0.15) is 0 Å². The Hall–Kier alpha value is -4.93. The SMILES string of the molecule is CC[C@@H]1CN(C(=O)OCc2ccccc2)CC1C(=O)O.CC[C@@H]1CN(C)CC1C(=O)O.C[C@@H](N)c1cccc2ccccc12.c1ccc(NC2CCCCC2)cc1. The monoisotopic (exact) mass is 780 g/mol. The van der Waals surface area contributed by atoms with Crippen molar-refractivity contribution in [1.82, 2.24) is 9.80 Å². The van der Waals surface area contributed by atoms with E-state index in [1.54, 1.807) is 0 Å². The number of fused-ring (bicyclic) bond motifs is 1. The first kappa shape index (κ1) is 44.8. The number of nitrogens with one attached hydrogen (secondary N) is 1. The summed E-state index contributed by atoms with van der Waals surface area (Å²) in [6, 6.07) is 35.4. The number of hydrogen-bond donors (Lipinski definition) is 4. The fourth-order valence-electron chi connectivity index (χ4n) is 7.97. The third kappa shape index (κ3) is 14.2. The van der Waals surface area contributed by atoms with E-state index in [0.717, 1.165) is 31.0 Å². The van der Waals surface area contributed by atoms with Gasteiger partial charge >= 0.3 is 18.0 Å². The van der Waals surface area contributed by atoms with Crippen LogP contribution in [-0.4, -0.2) is 77.3 Å². The van der Waals surface area contributed by atoms with Crippen LogP contribution in [0.15, 0.2) is 103 Å². The number of nitrogens with zero attached hydrogens (tertiary/aromatic N) is 2. The molecule has 4 aromatic rings. The Morgan fingerprint density at radius 3 is 1.88 bits per heavy atom. The molecule has 2 heterocycles. The van der Waals surface area contributed by atoms with Gasteiger partial charge in [0.15, 0.2) is 0 Å². The fraction of sp³-hybridized carbons (Fsp3) is 0.468. The minimum Gasteiger partial charge on any atom is -0.481 e. The Balaban J connectivity index is 0.000000173. The average Bonchev–Trinajstić information content (AvgIpc) is 3.86. The van der Waals surface area contributed by atoms with Gasteiger partial charge in [0.1, 0.15) is 6.61 Å². The number of para-hydroxylation sites is 1. The molecule has 2 unspecified atom stereocenters. The predicted molar refractivity (Wildman–Crippen MR) is 229 cm³/mol. The summed E-state index contributed by atoms with van der Waals surface area (Å²) in [6.07, 6.45) is 8.18. The van der Waals surface area contributed by atoms with Gasteiger partial charge in [-0.05, 0) is 72.7 Å². The van der Waals surface area contributed by atoms with Crippen molar-refractivity contribution < 1.29 is 29.3 Å². The molecule has 3 aliphatic rings. The van der Waals surface area contributed by atoms with Crippen LogP contribution in [0.4, 0.5) is 10.5 Å². The minimum atomic E-state index is -0.838. The summed E-state index contributed by atoms with van der Waals surface area (Å²) in [5.74, 6) is -1.72. The smallest absolute Gasteiger partial charge is 0.410 e. The highest BCUT2D eigenvalue weighted by Gasteiger charge is 2.39. The maximum Gasteiger partial charge on any atom is 0.410 e. The highest BCUT2D eigenvalue weighted by atomic mass is 16.6. The number of likely N-dealkylation sites (tertiary alicyclic amines) is 2. The van der Waals surface area contributed by atoms with Crippen LogP contribution >= 0.6 is 0 Å². The number of amides is 1. The van der Waals surface area contributed by atoms with Crippen molar-refractivity contribution in [3.05, 3.63) is 114 Å². The molecule has 57 heavy (non-hydrogen) atoms. The molecule has 5 atom stereocenters. The van der Waals surface area contributed by atoms with Crippen LogP contribution in [0.1, 0.15) is 82.9 Å². The van der Waals surface area contributed by atoms with Gasteiger partial charge < -0.3 is 35.8 Å². The second-order valence-corrected chi connectivity index (χ2v) is 15.6. The minimum absolute atomic E-state index is 0.0109. The van der Waals surface area contributed by atoms with Crippen molar-refractivity contribution in [2.45, 2.75) is 84.4 Å². The number of ether oxygens (including phenoxy) is 1. The number of carbonyl (C=O) groups excluding carboxylic acids is 1. The maximum atomic E-state index is 12.0. The summed E-state index contributed by atoms with van der Waals surface area (Å²) < 4.78 is 5.23. The highest BCUT2D eigenvalue weighted by Crippen LogP contribution is 2.28. The molecule has 4 aromatic carbocycles. The molecule has 1 aliphatic carbocycles. The van der Waals surface area contributed by atoms with E-state index < -0.39 is 23.9 Å². The molecular formula is C47H64N4O6. The lowest BCUT2D eigenvalue weighted by molar-refractivity contribution is -0.143. The van der Waals surface area contributed by atoms with E-state index in [4.69, 9.17) is 20.7 Å². The van der Waals surface area contributed by atoms with Crippen LogP contribution in [0.3, 0.4) is 0 Å². The quantitative estimate of drug-likeness (QED) is 0.131. The molecule has 0 bridgehead atoms. The number of carboxylic acid groups (broad SMARTS) is 2. The molecule has 1 amide bonds. The number of aliphatic carboxylic acids is 2. The number of carbonyl (C=O) groups is 3. The van der Waals surface area contributed by atoms with Crippen molar-refractivity contribution in [2.24, 2.45) is 29.4 Å². The average molecular weight is 781 g/mol. The predicted octanol–water partition coefficient (Wildman–Crippen LogP) is 9.32. The Bertz CT molecular complexity index is 1790. The first-order valence-corrected chi connectivity index (χ1v) is 20.6. The number of hydrogen-bond acceptors (Lipinski definition) is 7. The molecule has 10 nitrogen and oxygen atoms in total. The third-order valence-corrected chi connectivity index (χ3v) is 11.3. The molecule has 3 fully saturated rings. The fourth-order valence-corrected chi connectivity index (χ4v) is 7.97. The zero-order valence-corrected chi connectivity index (χ0v) is 34.3. The lowest BCUT2D eigenvalue weighted by Gasteiger charge is -2.23.